The molecule has 1 aromatic carbocycles. The summed E-state index contributed by atoms with van der Waals surface area (Å²) in [6.07, 6.45) is 3.84. The number of hydrogen-bond donors (Lipinski definition) is 3. The van der Waals surface area contributed by atoms with Gasteiger partial charge in [-0.05, 0) is 38.1 Å². The number of nitrogens with two attached hydrogens (primary N) is 2. The number of aromatic nitrogens is 2. The predicted octanol–water partition coefficient (Wildman–Crippen LogP) is 5.43. The van der Waals surface area contributed by atoms with Crippen LogP contribution < -0.4 is 21.5 Å². The minimum absolute atomic E-state index is 0.0863. The number of amidine groups is 1. The molecule has 0 aliphatic heterocycles. The molecular formula is C27H40F2N6O. The van der Waals surface area contributed by atoms with Crippen molar-refractivity contribution in [3.05, 3.63) is 65.3 Å². The van der Waals surface area contributed by atoms with Gasteiger partial charge in [0.25, 0.3) is 0 Å². The van der Waals surface area contributed by atoms with Crippen molar-refractivity contribution in [1.82, 2.24) is 14.7 Å². The van der Waals surface area contributed by atoms with Crippen LogP contribution in [0, 0.1) is 11.6 Å². The molecule has 0 spiro atoms. The summed E-state index contributed by atoms with van der Waals surface area (Å²) in [4.78, 5) is 8.53. The number of pyridine rings is 1. The molecule has 0 bridgehead atoms. The zero-order chi connectivity index (χ0) is 27.3. The number of rotatable bonds is 9. The third-order valence-corrected chi connectivity index (χ3v) is 5.22. The maximum absolute atomic E-state index is 14.8. The van der Waals surface area contributed by atoms with E-state index in [-0.39, 0.29) is 12.4 Å². The van der Waals surface area contributed by atoms with E-state index in [4.69, 9.17) is 16.2 Å². The molecule has 0 fully saturated rings. The molecule has 0 aliphatic carbocycles. The second-order valence-corrected chi connectivity index (χ2v) is 7.15. The number of allylic oxidation sites excluding steroid dienone is 1. The Morgan fingerprint density at radius 3 is 2.44 bits per heavy atom. The van der Waals surface area contributed by atoms with Crippen molar-refractivity contribution >= 4 is 11.5 Å². The van der Waals surface area contributed by atoms with Gasteiger partial charge in [0.2, 0.25) is 5.82 Å². The Morgan fingerprint density at radius 2 is 1.83 bits per heavy atom. The van der Waals surface area contributed by atoms with Gasteiger partial charge in [0, 0.05) is 55.2 Å². The molecule has 0 amide bonds. The fourth-order valence-corrected chi connectivity index (χ4v) is 3.42. The molecule has 36 heavy (non-hydrogen) atoms. The molecule has 3 aromatic rings. The number of nitrogens with zero attached hydrogens (tertiary/aromatic N) is 3. The van der Waals surface area contributed by atoms with E-state index in [1.165, 1.54) is 6.07 Å². The van der Waals surface area contributed by atoms with Crippen LogP contribution >= 0.6 is 0 Å². The Balaban J connectivity index is 0.00000154. The molecule has 7 nitrogen and oxygen atoms in total. The quantitative estimate of drug-likeness (QED) is 0.267. The third kappa shape index (κ3) is 7.27. The molecule has 0 atom stereocenters. The van der Waals surface area contributed by atoms with E-state index in [0.29, 0.717) is 42.1 Å². The van der Waals surface area contributed by atoms with Crippen LogP contribution in [0.25, 0.3) is 16.8 Å². The second kappa shape index (κ2) is 15.5. The van der Waals surface area contributed by atoms with Crippen molar-refractivity contribution in [2.75, 3.05) is 20.2 Å². The monoisotopic (exact) mass is 502 g/mol. The van der Waals surface area contributed by atoms with Gasteiger partial charge < -0.3 is 25.9 Å². The lowest BCUT2D eigenvalue weighted by molar-refractivity contribution is 0.301. The average molecular weight is 503 g/mol. The molecule has 0 aliphatic rings. The molecule has 0 saturated heterocycles. The van der Waals surface area contributed by atoms with Gasteiger partial charge in [-0.3, -0.25) is 4.99 Å². The molecule has 2 aromatic heterocycles. The summed E-state index contributed by atoms with van der Waals surface area (Å²) in [5, 5.41) is 3.05. The maximum Gasteiger partial charge on any atom is 0.201 e. The van der Waals surface area contributed by atoms with E-state index in [2.05, 4.69) is 15.3 Å². The van der Waals surface area contributed by atoms with Gasteiger partial charge in [0.15, 0.2) is 11.6 Å². The fraction of sp³-hybridized carbons (Fsp3) is 0.407. The Hall–Kier alpha value is -3.46. The highest BCUT2D eigenvalue weighted by Crippen LogP contribution is 2.34. The summed E-state index contributed by atoms with van der Waals surface area (Å²) in [6, 6.07) is 6.15. The number of fused-ring (bicyclic) bond motifs is 1. The standard InChI is InChI=1S/C23H28F2N6O.2C2H6/c1-4-29-23(27)17(14(2)28-3)9-10-32-22-18(6-7-19(24)21(22)25)15-5-8-20-30-12-16(11-26)31(20)13-15;2*1-2/h5-8,12-13,28H,4,9-11,26H2,1-3H3,(H2,27,29);2*1-2H3/b17-14-;;. The Morgan fingerprint density at radius 1 is 1.14 bits per heavy atom. The topological polar surface area (TPSA) is 103 Å². The van der Waals surface area contributed by atoms with E-state index >= 15 is 0 Å². The van der Waals surface area contributed by atoms with Gasteiger partial charge >= 0.3 is 0 Å². The number of halogens is 2. The third-order valence-electron chi connectivity index (χ3n) is 5.22. The average Bonchev–Trinajstić information content (AvgIpc) is 3.33. The number of imidazole rings is 1. The summed E-state index contributed by atoms with van der Waals surface area (Å²) in [6.45, 7) is 12.7. The van der Waals surface area contributed by atoms with Crippen molar-refractivity contribution in [2.45, 2.75) is 54.5 Å². The van der Waals surface area contributed by atoms with Crippen LogP contribution in [-0.4, -0.2) is 35.4 Å². The highest BCUT2D eigenvalue weighted by atomic mass is 19.2. The molecule has 9 heteroatoms. The first-order valence-corrected chi connectivity index (χ1v) is 12.4. The molecular weight excluding hydrogens is 462 g/mol. The van der Waals surface area contributed by atoms with E-state index in [1.54, 1.807) is 31.6 Å². The summed E-state index contributed by atoms with van der Waals surface area (Å²) in [5.41, 5.74) is 16.0. The van der Waals surface area contributed by atoms with E-state index < -0.39 is 11.6 Å². The lowest BCUT2D eigenvalue weighted by Gasteiger charge is -2.16. The smallest absolute Gasteiger partial charge is 0.201 e. The van der Waals surface area contributed by atoms with Gasteiger partial charge in [-0.25, -0.2) is 9.37 Å². The van der Waals surface area contributed by atoms with Crippen molar-refractivity contribution in [1.29, 1.82) is 0 Å². The molecule has 198 valence electrons. The van der Waals surface area contributed by atoms with Crippen LogP contribution in [0.5, 0.6) is 5.75 Å². The zero-order valence-electron chi connectivity index (χ0n) is 22.5. The molecule has 2 heterocycles. The fourth-order valence-electron chi connectivity index (χ4n) is 3.42. The van der Waals surface area contributed by atoms with Crippen LogP contribution in [0.1, 0.15) is 53.7 Å². The Kier molecular flexibility index (Phi) is 13.2. The second-order valence-electron chi connectivity index (χ2n) is 7.15. The van der Waals surface area contributed by atoms with Gasteiger partial charge in [-0.15, -0.1) is 0 Å². The summed E-state index contributed by atoms with van der Waals surface area (Å²) in [7, 11) is 1.78. The van der Waals surface area contributed by atoms with E-state index in [9.17, 15) is 8.78 Å². The lowest BCUT2D eigenvalue weighted by atomic mass is 10.1. The SMILES string of the molecule is CC.CC.CCN=C(N)/C(CCOc1c(-c2ccc3ncc(CN)n3c2)ccc(F)c1F)=C(/C)NC. The van der Waals surface area contributed by atoms with Crippen LogP contribution in [-0.2, 0) is 6.54 Å². The number of nitrogens with one attached hydrogen (secondary N) is 1. The van der Waals surface area contributed by atoms with Crippen LogP contribution in [0.3, 0.4) is 0 Å². The number of hydrogen-bond acceptors (Lipinski definition) is 5. The van der Waals surface area contributed by atoms with Crippen LogP contribution in [0.4, 0.5) is 8.78 Å². The predicted molar refractivity (Wildman–Crippen MR) is 145 cm³/mol. The summed E-state index contributed by atoms with van der Waals surface area (Å²) < 4.78 is 36.4. The molecule has 0 saturated carbocycles. The van der Waals surface area contributed by atoms with Crippen LogP contribution in [0.15, 0.2) is 52.9 Å². The minimum atomic E-state index is -1.04. The number of ether oxygens (including phenoxy) is 1. The largest absolute Gasteiger partial charge is 0.489 e. The van der Waals surface area contributed by atoms with Crippen molar-refractivity contribution in [2.24, 2.45) is 16.5 Å². The van der Waals surface area contributed by atoms with Crippen molar-refractivity contribution in [3.8, 4) is 16.9 Å². The first-order valence-electron chi connectivity index (χ1n) is 12.4. The maximum atomic E-state index is 14.8. The van der Waals surface area contributed by atoms with Gasteiger partial charge in [0.1, 0.15) is 11.5 Å². The number of benzene rings is 1. The lowest BCUT2D eigenvalue weighted by Crippen LogP contribution is -2.22. The molecule has 5 N–H and O–H groups in total. The van der Waals surface area contributed by atoms with Gasteiger partial charge in [0.05, 0.1) is 18.5 Å². The molecule has 0 unspecified atom stereocenters. The molecule has 3 rings (SSSR count). The van der Waals surface area contributed by atoms with Crippen LogP contribution in [0.2, 0.25) is 0 Å². The van der Waals surface area contributed by atoms with Crippen molar-refractivity contribution in [3.63, 3.8) is 0 Å². The minimum Gasteiger partial charge on any atom is -0.489 e. The van der Waals surface area contributed by atoms with Crippen molar-refractivity contribution < 1.29 is 13.5 Å². The molecule has 0 radical (unpaired) electrons. The highest BCUT2D eigenvalue weighted by molar-refractivity contribution is 5.97. The number of aliphatic imine (C=N–C) groups is 1. The first-order chi connectivity index (χ1) is 17.4. The Labute approximate surface area is 213 Å². The van der Waals surface area contributed by atoms with Gasteiger partial charge in [-0.2, -0.15) is 4.39 Å². The van der Waals surface area contributed by atoms with Gasteiger partial charge in [-0.1, -0.05) is 27.7 Å². The normalized spacial score (nSPS) is 11.7. The zero-order valence-corrected chi connectivity index (χ0v) is 22.5. The Bertz CT molecular complexity index is 1170. The van der Waals surface area contributed by atoms with E-state index in [1.807, 2.05) is 45.9 Å². The first kappa shape index (κ1) is 30.6. The summed E-state index contributed by atoms with van der Waals surface area (Å²) >= 11 is 0. The van der Waals surface area contributed by atoms with E-state index in [0.717, 1.165) is 23.0 Å². The summed E-state index contributed by atoms with van der Waals surface area (Å²) in [5.74, 6) is -1.79. The highest BCUT2D eigenvalue weighted by Gasteiger charge is 2.18.